The van der Waals surface area contributed by atoms with Crippen molar-refractivity contribution in [1.82, 2.24) is 4.90 Å². The number of hydrogen-bond donors (Lipinski definition) is 0. The lowest BCUT2D eigenvalue weighted by Gasteiger charge is -2.16. The van der Waals surface area contributed by atoms with Crippen LogP contribution in [0.3, 0.4) is 0 Å². The van der Waals surface area contributed by atoms with Crippen molar-refractivity contribution >= 4 is 11.7 Å². The Hall–Kier alpha value is -2.02. The van der Waals surface area contributed by atoms with Gasteiger partial charge in [-0.25, -0.2) is 0 Å². The lowest BCUT2D eigenvalue weighted by molar-refractivity contribution is -0.387. The largest absolute Gasteiger partial charge is 0.466 e. The average Bonchev–Trinajstić information content (AvgIpc) is 2.39. The highest BCUT2D eigenvalue weighted by Gasteiger charge is 2.18. The van der Waals surface area contributed by atoms with Gasteiger partial charge in [0.25, 0.3) is 0 Å². The van der Waals surface area contributed by atoms with Gasteiger partial charge in [0.2, 0.25) is 5.82 Å². The number of nitrogens with zero attached hydrogens (tertiary/aromatic N) is 2. The molecule has 0 aromatic heterocycles. The Morgan fingerprint density at radius 1 is 1.50 bits per heavy atom. The summed E-state index contributed by atoms with van der Waals surface area (Å²) < 4.78 is 18.6. The van der Waals surface area contributed by atoms with Crippen LogP contribution < -0.4 is 0 Å². The highest BCUT2D eigenvalue weighted by molar-refractivity contribution is 5.69. The maximum absolute atomic E-state index is 13.8. The molecule has 0 aliphatic carbocycles. The first-order chi connectivity index (χ1) is 9.45. The fourth-order valence-electron chi connectivity index (χ4n) is 1.71. The molecule has 20 heavy (non-hydrogen) atoms. The van der Waals surface area contributed by atoms with Crippen LogP contribution in [-0.2, 0) is 16.1 Å². The van der Waals surface area contributed by atoms with Crippen LogP contribution in [0.5, 0.6) is 0 Å². The van der Waals surface area contributed by atoms with Gasteiger partial charge in [0.1, 0.15) is 0 Å². The second-order valence-electron chi connectivity index (χ2n) is 4.30. The number of benzene rings is 1. The highest BCUT2D eigenvalue weighted by atomic mass is 19.1. The van der Waals surface area contributed by atoms with E-state index in [1.165, 1.54) is 12.1 Å². The van der Waals surface area contributed by atoms with Crippen LogP contribution in [0.15, 0.2) is 18.2 Å². The summed E-state index contributed by atoms with van der Waals surface area (Å²) in [4.78, 5) is 22.8. The van der Waals surface area contributed by atoms with Crippen molar-refractivity contribution < 1.29 is 18.8 Å². The summed E-state index contributed by atoms with van der Waals surface area (Å²) in [5.74, 6) is -1.15. The fraction of sp³-hybridized carbons (Fsp3) is 0.462. The molecule has 0 N–H and O–H groups in total. The number of halogens is 1. The van der Waals surface area contributed by atoms with Gasteiger partial charge in [-0.3, -0.25) is 14.9 Å². The Labute approximate surface area is 116 Å². The maximum atomic E-state index is 13.8. The summed E-state index contributed by atoms with van der Waals surface area (Å²) in [5, 5.41) is 10.6. The van der Waals surface area contributed by atoms with Gasteiger partial charge in [-0.1, -0.05) is 12.1 Å². The minimum Gasteiger partial charge on any atom is -0.466 e. The van der Waals surface area contributed by atoms with E-state index in [0.717, 1.165) is 6.07 Å². The van der Waals surface area contributed by atoms with Gasteiger partial charge in [0.15, 0.2) is 0 Å². The third-order valence-electron chi connectivity index (χ3n) is 2.70. The molecule has 7 heteroatoms. The van der Waals surface area contributed by atoms with E-state index in [4.69, 9.17) is 4.74 Å². The third-order valence-corrected chi connectivity index (χ3v) is 2.70. The van der Waals surface area contributed by atoms with Crippen molar-refractivity contribution in [2.45, 2.75) is 19.9 Å². The number of carbonyl (C=O) groups is 1. The molecular formula is C13H17FN2O4. The fourth-order valence-corrected chi connectivity index (χ4v) is 1.71. The quantitative estimate of drug-likeness (QED) is 0.435. The first-order valence-electron chi connectivity index (χ1n) is 6.21. The molecule has 1 rings (SSSR count). The van der Waals surface area contributed by atoms with Crippen molar-refractivity contribution in [3.05, 3.63) is 39.7 Å². The van der Waals surface area contributed by atoms with E-state index in [-0.39, 0.29) is 24.5 Å². The van der Waals surface area contributed by atoms with Crippen molar-refractivity contribution in [1.29, 1.82) is 0 Å². The number of rotatable bonds is 7. The van der Waals surface area contributed by atoms with Crippen LogP contribution in [0.2, 0.25) is 0 Å². The van der Waals surface area contributed by atoms with Crippen molar-refractivity contribution in [2.24, 2.45) is 0 Å². The van der Waals surface area contributed by atoms with Crippen molar-refractivity contribution in [3.8, 4) is 0 Å². The van der Waals surface area contributed by atoms with Crippen molar-refractivity contribution in [3.63, 3.8) is 0 Å². The lowest BCUT2D eigenvalue weighted by Crippen LogP contribution is -2.23. The summed E-state index contributed by atoms with van der Waals surface area (Å²) >= 11 is 0. The SMILES string of the molecule is CCOC(=O)CCN(C)Cc1cccc([N+](=O)[O-])c1F. The molecule has 0 heterocycles. The predicted octanol–water partition coefficient (Wildman–Crippen LogP) is 2.12. The zero-order valence-corrected chi connectivity index (χ0v) is 11.5. The Bertz CT molecular complexity index is 493. The first kappa shape index (κ1) is 16.0. The van der Waals surface area contributed by atoms with E-state index in [1.54, 1.807) is 18.9 Å². The normalized spacial score (nSPS) is 10.6. The van der Waals surface area contributed by atoms with E-state index in [9.17, 15) is 19.3 Å². The zero-order chi connectivity index (χ0) is 15.1. The van der Waals surface area contributed by atoms with Gasteiger partial charge in [0, 0.05) is 24.7 Å². The molecule has 0 aliphatic rings. The number of ether oxygens (including phenoxy) is 1. The van der Waals surface area contributed by atoms with Crippen LogP contribution in [0.1, 0.15) is 18.9 Å². The Balaban J connectivity index is 2.62. The summed E-state index contributed by atoms with van der Waals surface area (Å²) in [6.45, 7) is 2.62. The van der Waals surface area contributed by atoms with E-state index >= 15 is 0 Å². The van der Waals surface area contributed by atoms with Gasteiger partial charge in [0.05, 0.1) is 18.0 Å². The Morgan fingerprint density at radius 2 is 2.20 bits per heavy atom. The molecule has 0 spiro atoms. The maximum Gasteiger partial charge on any atom is 0.307 e. The number of nitro benzene ring substituents is 1. The minimum atomic E-state index is -0.833. The molecule has 0 amide bonds. The minimum absolute atomic E-state index is 0.187. The van der Waals surface area contributed by atoms with Crippen molar-refractivity contribution in [2.75, 3.05) is 20.2 Å². The van der Waals surface area contributed by atoms with Crippen LogP contribution in [0.4, 0.5) is 10.1 Å². The molecule has 0 bridgehead atoms. The monoisotopic (exact) mass is 284 g/mol. The van der Waals surface area contributed by atoms with Gasteiger partial charge >= 0.3 is 11.7 Å². The zero-order valence-electron chi connectivity index (χ0n) is 11.5. The molecule has 1 aromatic rings. The lowest BCUT2D eigenvalue weighted by atomic mass is 10.1. The van der Waals surface area contributed by atoms with E-state index in [1.807, 2.05) is 0 Å². The smallest absolute Gasteiger partial charge is 0.307 e. The Kier molecular flexibility index (Phi) is 6.05. The van der Waals surface area contributed by atoms with E-state index in [0.29, 0.717) is 13.2 Å². The molecule has 0 fully saturated rings. The molecule has 0 saturated heterocycles. The predicted molar refractivity (Wildman–Crippen MR) is 70.6 cm³/mol. The van der Waals surface area contributed by atoms with Gasteiger partial charge in [-0.2, -0.15) is 4.39 Å². The molecule has 0 unspecified atom stereocenters. The van der Waals surface area contributed by atoms with E-state index < -0.39 is 16.4 Å². The number of hydrogen-bond acceptors (Lipinski definition) is 5. The van der Waals surface area contributed by atoms with Gasteiger partial charge in [-0.05, 0) is 14.0 Å². The van der Waals surface area contributed by atoms with Crippen LogP contribution in [-0.4, -0.2) is 36.0 Å². The Morgan fingerprint density at radius 3 is 2.80 bits per heavy atom. The molecule has 1 aromatic carbocycles. The molecule has 0 aliphatic heterocycles. The second kappa shape index (κ2) is 7.54. The average molecular weight is 284 g/mol. The van der Waals surface area contributed by atoms with Gasteiger partial charge in [-0.15, -0.1) is 0 Å². The van der Waals surface area contributed by atoms with E-state index in [2.05, 4.69) is 0 Å². The van der Waals surface area contributed by atoms with Crippen LogP contribution >= 0.6 is 0 Å². The topological polar surface area (TPSA) is 72.7 Å². The molecule has 110 valence electrons. The molecular weight excluding hydrogens is 267 g/mol. The van der Waals surface area contributed by atoms with Crippen LogP contribution in [0.25, 0.3) is 0 Å². The number of esters is 1. The summed E-state index contributed by atoms with van der Waals surface area (Å²) in [6.07, 6.45) is 0.195. The highest BCUT2D eigenvalue weighted by Crippen LogP contribution is 2.21. The number of carbonyl (C=O) groups excluding carboxylic acids is 1. The molecule has 0 saturated carbocycles. The van der Waals surface area contributed by atoms with Gasteiger partial charge < -0.3 is 9.64 Å². The van der Waals surface area contributed by atoms with Crippen LogP contribution in [0, 0.1) is 15.9 Å². The molecule has 0 atom stereocenters. The summed E-state index contributed by atoms with van der Waals surface area (Å²) in [5.41, 5.74) is -0.313. The third kappa shape index (κ3) is 4.58. The standard InChI is InChI=1S/C13H17FN2O4/c1-3-20-12(17)7-8-15(2)9-10-5-4-6-11(13(10)14)16(18)19/h4-6H,3,7-9H2,1-2H3. The molecule has 0 radical (unpaired) electrons. The molecule has 6 nitrogen and oxygen atoms in total. The number of nitro groups is 1. The summed E-state index contributed by atoms with van der Waals surface area (Å²) in [6, 6.07) is 4.05. The summed E-state index contributed by atoms with van der Waals surface area (Å²) in [7, 11) is 1.71. The first-order valence-corrected chi connectivity index (χ1v) is 6.21. The second-order valence-corrected chi connectivity index (χ2v) is 4.30.